The molecule has 1 rings (SSSR count). The number of nitrogens with two attached hydrogens (primary N) is 1. The van der Waals surface area contributed by atoms with Crippen LogP contribution in [0.4, 0.5) is 5.82 Å². The molecule has 3 N–H and O–H groups in total. The van der Waals surface area contributed by atoms with Crippen LogP contribution < -0.4 is 10.6 Å². The number of aromatic amines is 1. The lowest BCUT2D eigenvalue weighted by molar-refractivity contribution is 0.347. The maximum atomic E-state index is 5.58. The van der Waals surface area contributed by atoms with E-state index in [1.165, 1.54) is 0 Å². The van der Waals surface area contributed by atoms with Crippen LogP contribution in [0.15, 0.2) is 18.3 Å². The summed E-state index contributed by atoms with van der Waals surface area (Å²) in [6.07, 6.45) is 3.00. The van der Waals surface area contributed by atoms with Gasteiger partial charge in [-0.2, -0.15) is 0 Å². The van der Waals surface area contributed by atoms with Gasteiger partial charge in [0.1, 0.15) is 5.82 Å². The molecule has 0 atom stereocenters. The van der Waals surface area contributed by atoms with E-state index in [0.717, 1.165) is 25.3 Å². The first-order valence-corrected chi connectivity index (χ1v) is 5.10. The Morgan fingerprint density at radius 3 is 2.71 bits per heavy atom. The summed E-state index contributed by atoms with van der Waals surface area (Å²) in [4.78, 5) is 5.43. The third-order valence-corrected chi connectivity index (χ3v) is 2.48. The number of anilines is 1. The Labute approximate surface area is 86.3 Å². The number of aromatic nitrogens is 1. The Morgan fingerprint density at radius 1 is 1.50 bits per heavy atom. The largest absolute Gasteiger partial charge is 0.361 e. The zero-order valence-corrected chi connectivity index (χ0v) is 9.38. The van der Waals surface area contributed by atoms with Gasteiger partial charge in [0, 0.05) is 19.8 Å². The summed E-state index contributed by atoms with van der Waals surface area (Å²) >= 11 is 0. The van der Waals surface area contributed by atoms with Crippen molar-refractivity contribution < 1.29 is 0 Å². The zero-order chi connectivity index (χ0) is 10.6. The molecule has 0 saturated carbocycles. The first kappa shape index (κ1) is 11.1. The lowest BCUT2D eigenvalue weighted by Crippen LogP contribution is -2.33. The molecule has 1 aromatic heterocycles. The second kappa shape index (κ2) is 4.51. The summed E-state index contributed by atoms with van der Waals surface area (Å²) in [6, 6.07) is 4.10. The van der Waals surface area contributed by atoms with Crippen molar-refractivity contribution in [1.82, 2.24) is 4.98 Å². The number of rotatable bonds is 5. The van der Waals surface area contributed by atoms with Gasteiger partial charge in [0.2, 0.25) is 0 Å². The van der Waals surface area contributed by atoms with Crippen molar-refractivity contribution in [1.29, 1.82) is 0 Å². The highest BCUT2D eigenvalue weighted by molar-refractivity contribution is 5.37. The highest BCUT2D eigenvalue weighted by atomic mass is 15.2. The molecule has 80 valence electrons. The summed E-state index contributed by atoms with van der Waals surface area (Å²) in [6.45, 7) is 6.27. The monoisotopic (exact) mass is 195 g/mol. The minimum Gasteiger partial charge on any atom is -0.361 e. The van der Waals surface area contributed by atoms with E-state index in [2.05, 4.69) is 36.8 Å². The molecule has 0 bridgehead atoms. The van der Waals surface area contributed by atoms with Crippen molar-refractivity contribution in [3.8, 4) is 0 Å². The lowest BCUT2D eigenvalue weighted by Gasteiger charge is -2.30. The standard InChI is InChI=1S/C11H21N3/c1-11(2,6-7-12)9-14(3)10-5-4-8-13-10/h4-5,8,13H,6-7,9,12H2,1-3H3. The van der Waals surface area contributed by atoms with E-state index >= 15 is 0 Å². The molecular formula is C11H21N3. The predicted octanol–water partition coefficient (Wildman–Crippen LogP) is 1.83. The highest BCUT2D eigenvalue weighted by Crippen LogP contribution is 2.22. The molecule has 0 aliphatic rings. The van der Waals surface area contributed by atoms with Crippen LogP contribution in [0.25, 0.3) is 0 Å². The maximum absolute atomic E-state index is 5.58. The Bertz CT molecular complexity index is 252. The molecule has 0 spiro atoms. The molecule has 1 heterocycles. The number of nitrogens with one attached hydrogen (secondary N) is 1. The maximum Gasteiger partial charge on any atom is 0.105 e. The van der Waals surface area contributed by atoms with Crippen molar-refractivity contribution >= 4 is 5.82 Å². The van der Waals surface area contributed by atoms with E-state index in [4.69, 9.17) is 5.73 Å². The number of hydrogen-bond donors (Lipinski definition) is 2. The molecule has 0 unspecified atom stereocenters. The minimum absolute atomic E-state index is 0.272. The Kier molecular flexibility index (Phi) is 3.58. The molecule has 3 heteroatoms. The van der Waals surface area contributed by atoms with E-state index in [0.29, 0.717) is 0 Å². The molecule has 0 aliphatic heterocycles. The smallest absolute Gasteiger partial charge is 0.105 e. The molecule has 0 aromatic carbocycles. The quantitative estimate of drug-likeness (QED) is 0.753. The summed E-state index contributed by atoms with van der Waals surface area (Å²) in [5.74, 6) is 1.16. The van der Waals surface area contributed by atoms with Gasteiger partial charge in [0.25, 0.3) is 0 Å². The van der Waals surface area contributed by atoms with Crippen molar-refractivity contribution in [3.63, 3.8) is 0 Å². The number of nitrogens with zero attached hydrogens (tertiary/aromatic N) is 1. The van der Waals surface area contributed by atoms with E-state index in [-0.39, 0.29) is 5.41 Å². The molecule has 3 nitrogen and oxygen atoms in total. The van der Waals surface area contributed by atoms with Crippen molar-refractivity contribution in [2.24, 2.45) is 11.1 Å². The summed E-state index contributed by atoms with van der Waals surface area (Å²) < 4.78 is 0. The molecule has 0 amide bonds. The molecule has 0 fully saturated rings. The SMILES string of the molecule is CN(CC(C)(C)CCN)c1ccc[nH]1. The van der Waals surface area contributed by atoms with E-state index in [9.17, 15) is 0 Å². The minimum atomic E-state index is 0.272. The third-order valence-electron chi connectivity index (χ3n) is 2.48. The first-order valence-electron chi connectivity index (χ1n) is 5.10. The topological polar surface area (TPSA) is 45.0 Å². The molecule has 14 heavy (non-hydrogen) atoms. The molecular weight excluding hydrogens is 174 g/mol. The van der Waals surface area contributed by atoms with Gasteiger partial charge in [-0.25, -0.2) is 0 Å². The summed E-state index contributed by atoms with van der Waals surface area (Å²) in [7, 11) is 2.10. The number of H-pyrrole nitrogens is 1. The van der Waals surface area contributed by atoms with Gasteiger partial charge in [0.15, 0.2) is 0 Å². The number of hydrogen-bond acceptors (Lipinski definition) is 2. The molecule has 0 radical (unpaired) electrons. The first-order chi connectivity index (χ1) is 6.55. The van der Waals surface area contributed by atoms with Gasteiger partial charge in [-0.05, 0) is 30.5 Å². The fourth-order valence-corrected chi connectivity index (χ4v) is 1.76. The Balaban J connectivity index is 2.52. The Hall–Kier alpha value is -0.960. The van der Waals surface area contributed by atoms with Crippen LogP contribution in [0.1, 0.15) is 20.3 Å². The fraction of sp³-hybridized carbons (Fsp3) is 0.636. The van der Waals surface area contributed by atoms with E-state index < -0.39 is 0 Å². The second-order valence-electron chi connectivity index (χ2n) is 4.61. The van der Waals surface area contributed by atoms with E-state index in [1.54, 1.807) is 0 Å². The van der Waals surface area contributed by atoms with Crippen LogP contribution >= 0.6 is 0 Å². The van der Waals surface area contributed by atoms with Crippen LogP contribution in [0.2, 0.25) is 0 Å². The van der Waals surface area contributed by atoms with Crippen LogP contribution in [-0.4, -0.2) is 25.1 Å². The van der Waals surface area contributed by atoms with Gasteiger partial charge in [0.05, 0.1) is 0 Å². The van der Waals surface area contributed by atoms with Crippen molar-refractivity contribution in [3.05, 3.63) is 18.3 Å². The fourth-order valence-electron chi connectivity index (χ4n) is 1.76. The van der Waals surface area contributed by atoms with Gasteiger partial charge in [-0.3, -0.25) is 0 Å². The predicted molar refractivity (Wildman–Crippen MR) is 61.5 cm³/mol. The van der Waals surface area contributed by atoms with Crippen molar-refractivity contribution in [2.45, 2.75) is 20.3 Å². The van der Waals surface area contributed by atoms with Gasteiger partial charge < -0.3 is 15.6 Å². The lowest BCUT2D eigenvalue weighted by atomic mass is 9.89. The summed E-state index contributed by atoms with van der Waals surface area (Å²) in [5.41, 5.74) is 5.86. The Morgan fingerprint density at radius 2 is 2.21 bits per heavy atom. The van der Waals surface area contributed by atoms with Crippen LogP contribution in [0.5, 0.6) is 0 Å². The van der Waals surface area contributed by atoms with Crippen LogP contribution in [-0.2, 0) is 0 Å². The van der Waals surface area contributed by atoms with Gasteiger partial charge in [-0.1, -0.05) is 13.8 Å². The highest BCUT2D eigenvalue weighted by Gasteiger charge is 2.19. The molecule has 1 aromatic rings. The second-order valence-corrected chi connectivity index (χ2v) is 4.61. The average molecular weight is 195 g/mol. The van der Waals surface area contributed by atoms with Gasteiger partial charge >= 0.3 is 0 Å². The third kappa shape index (κ3) is 3.07. The summed E-state index contributed by atoms with van der Waals surface area (Å²) in [5, 5.41) is 0. The normalized spacial score (nSPS) is 11.7. The zero-order valence-electron chi connectivity index (χ0n) is 9.38. The molecule has 0 aliphatic carbocycles. The molecule has 0 saturated heterocycles. The van der Waals surface area contributed by atoms with Crippen LogP contribution in [0, 0.1) is 5.41 Å². The average Bonchev–Trinajstić information content (AvgIpc) is 2.53. The van der Waals surface area contributed by atoms with Gasteiger partial charge in [-0.15, -0.1) is 0 Å². The van der Waals surface area contributed by atoms with Crippen LogP contribution in [0.3, 0.4) is 0 Å². The van der Waals surface area contributed by atoms with E-state index in [1.807, 2.05) is 12.3 Å². The van der Waals surface area contributed by atoms with Crippen molar-refractivity contribution in [2.75, 3.05) is 25.0 Å².